The second-order valence-electron chi connectivity index (χ2n) is 7.70. The zero-order chi connectivity index (χ0) is 21.3. The van der Waals surface area contributed by atoms with E-state index in [0.717, 1.165) is 34.6 Å². The molecule has 30 heavy (non-hydrogen) atoms. The van der Waals surface area contributed by atoms with E-state index < -0.39 is 6.23 Å². The molecule has 1 aromatic carbocycles. The van der Waals surface area contributed by atoms with Crippen molar-refractivity contribution in [2.75, 3.05) is 13.3 Å². The Bertz CT molecular complexity index is 888. The van der Waals surface area contributed by atoms with Gasteiger partial charge in [0.1, 0.15) is 11.1 Å². The third kappa shape index (κ3) is 4.66. The van der Waals surface area contributed by atoms with E-state index in [-0.39, 0.29) is 11.5 Å². The van der Waals surface area contributed by atoms with Crippen molar-refractivity contribution in [2.45, 2.75) is 44.1 Å². The van der Waals surface area contributed by atoms with Crippen molar-refractivity contribution in [3.05, 3.63) is 52.6 Å². The van der Waals surface area contributed by atoms with Gasteiger partial charge in [-0.05, 0) is 43.2 Å². The van der Waals surface area contributed by atoms with Crippen LogP contribution in [0.15, 0.2) is 41.5 Å². The maximum Gasteiger partial charge on any atom is 0.154 e. The zero-order valence-corrected chi connectivity index (χ0v) is 20.0. The molecule has 3 aliphatic heterocycles. The Labute approximate surface area is 195 Å². The average Bonchev–Trinajstić information content (AvgIpc) is 3.06. The highest BCUT2D eigenvalue weighted by atomic mass is 127. The van der Waals surface area contributed by atoms with Gasteiger partial charge in [0.15, 0.2) is 6.23 Å². The maximum absolute atomic E-state index is 9.91. The van der Waals surface area contributed by atoms with Crippen molar-refractivity contribution >= 4 is 45.9 Å². The summed E-state index contributed by atoms with van der Waals surface area (Å²) in [6.45, 7) is 5.35. The molecule has 3 atom stereocenters. The molecule has 0 aromatic heterocycles. The number of ether oxygens (including phenoxy) is 1. The van der Waals surface area contributed by atoms with E-state index in [9.17, 15) is 5.11 Å². The maximum atomic E-state index is 9.91. The summed E-state index contributed by atoms with van der Waals surface area (Å²) in [4.78, 5) is 1.31. The molecule has 0 saturated carbocycles. The van der Waals surface area contributed by atoms with Crippen LogP contribution in [0.4, 0.5) is 0 Å². The van der Waals surface area contributed by atoms with Crippen molar-refractivity contribution in [1.29, 1.82) is 0 Å². The molecule has 0 aliphatic carbocycles. The van der Waals surface area contributed by atoms with Gasteiger partial charge in [0.25, 0.3) is 0 Å². The Morgan fingerprint density at radius 2 is 2.27 bits per heavy atom. The van der Waals surface area contributed by atoms with Crippen molar-refractivity contribution in [2.24, 2.45) is 5.73 Å². The number of thioether (sulfide) groups is 1. The molecule has 7 nitrogen and oxygen atoms in total. The van der Waals surface area contributed by atoms with Crippen LogP contribution in [0.2, 0.25) is 0 Å². The van der Waals surface area contributed by atoms with Gasteiger partial charge in [-0.3, -0.25) is 13.7 Å². The lowest BCUT2D eigenvalue weighted by molar-refractivity contribution is 0.154. The molecule has 162 valence electrons. The molecule has 9 heteroatoms. The molecule has 0 saturated heterocycles. The number of nitrogens with zero attached hydrogens (tertiary/aromatic N) is 1. The molecule has 6 N–H and O–H groups in total. The van der Waals surface area contributed by atoms with E-state index in [0.29, 0.717) is 19.3 Å². The second kappa shape index (κ2) is 9.49. The first kappa shape index (κ1) is 22.0. The number of aliphatic hydroxyl groups is 1. The fraction of sp³-hybridized carbons (Fsp3) is 0.429. The van der Waals surface area contributed by atoms with Crippen molar-refractivity contribution < 1.29 is 9.84 Å². The van der Waals surface area contributed by atoms with E-state index in [1.165, 1.54) is 4.91 Å². The molecular weight excluding hydrogens is 513 g/mol. The first-order chi connectivity index (χ1) is 14.5. The lowest BCUT2D eigenvalue weighted by Crippen LogP contribution is -2.56. The molecule has 0 amide bonds. The van der Waals surface area contributed by atoms with Crippen molar-refractivity contribution in [1.82, 2.24) is 19.1 Å². The summed E-state index contributed by atoms with van der Waals surface area (Å²) in [5.74, 6) is 0.893. The molecule has 0 bridgehead atoms. The Hall–Kier alpha value is -1.24. The molecule has 0 radical (unpaired) electrons. The van der Waals surface area contributed by atoms with Crippen molar-refractivity contribution in [3.63, 3.8) is 0 Å². The lowest BCUT2D eigenvalue weighted by atomic mass is 9.99. The number of aliphatic hydroxyl groups excluding tert-OH is 1. The van der Waals surface area contributed by atoms with Crippen LogP contribution in [0.25, 0.3) is 11.3 Å². The van der Waals surface area contributed by atoms with E-state index in [2.05, 4.69) is 64.8 Å². The van der Waals surface area contributed by atoms with E-state index in [1.54, 1.807) is 9.19 Å². The summed E-state index contributed by atoms with van der Waals surface area (Å²) < 4.78 is 7.80. The fourth-order valence-electron chi connectivity index (χ4n) is 3.75. The number of nitrogens with one attached hydrogen (secondary N) is 3. The third-order valence-corrected chi connectivity index (χ3v) is 7.31. The quantitative estimate of drug-likeness (QED) is 0.213. The number of rotatable bonds is 6. The largest absolute Gasteiger partial charge is 0.493 e. The molecule has 0 fully saturated rings. The van der Waals surface area contributed by atoms with Crippen LogP contribution in [-0.2, 0) is 0 Å². The van der Waals surface area contributed by atoms with Gasteiger partial charge in [0.05, 0.1) is 41.3 Å². The van der Waals surface area contributed by atoms with Crippen LogP contribution in [0.5, 0.6) is 5.75 Å². The van der Waals surface area contributed by atoms with Gasteiger partial charge in [-0.1, -0.05) is 12.1 Å². The third-order valence-electron chi connectivity index (χ3n) is 5.12. The summed E-state index contributed by atoms with van der Waals surface area (Å²) >= 11 is 3.95. The Kier molecular flexibility index (Phi) is 6.95. The highest BCUT2D eigenvalue weighted by Gasteiger charge is 2.33. The summed E-state index contributed by atoms with van der Waals surface area (Å²) in [5, 5.41) is 20.7. The minimum atomic E-state index is -0.595. The number of hydrogen-bond donors (Lipinski definition) is 5. The van der Waals surface area contributed by atoms with Crippen LogP contribution in [-0.4, -0.2) is 45.3 Å². The smallest absolute Gasteiger partial charge is 0.154 e. The van der Waals surface area contributed by atoms with E-state index >= 15 is 0 Å². The molecule has 3 heterocycles. The highest BCUT2D eigenvalue weighted by Crippen LogP contribution is 2.44. The number of fused-ring (bicyclic) bond motifs is 2. The minimum absolute atomic E-state index is 0.0533. The zero-order valence-electron chi connectivity index (χ0n) is 17.1. The van der Waals surface area contributed by atoms with Crippen LogP contribution in [0, 0.1) is 0 Å². The molecular formula is C21H28IN5O2S. The first-order valence-electron chi connectivity index (χ1n) is 10.1. The summed E-state index contributed by atoms with van der Waals surface area (Å²) in [6, 6.07) is 6.63. The van der Waals surface area contributed by atoms with Crippen LogP contribution < -0.4 is 26.4 Å². The molecule has 1 aromatic rings. The Balaban J connectivity index is 1.63. The summed E-state index contributed by atoms with van der Waals surface area (Å²) in [6.07, 6.45) is 6.03. The predicted molar refractivity (Wildman–Crippen MR) is 131 cm³/mol. The minimum Gasteiger partial charge on any atom is -0.493 e. The normalized spacial score (nSPS) is 24.1. The number of allylic oxidation sites excluding steroid dienone is 2. The monoisotopic (exact) mass is 541 g/mol. The molecule has 3 aliphatic rings. The average molecular weight is 541 g/mol. The topological polar surface area (TPSA) is 94.8 Å². The predicted octanol–water partition coefficient (Wildman–Crippen LogP) is 2.51. The fourth-order valence-corrected chi connectivity index (χ4v) is 5.51. The first-order valence-corrected chi connectivity index (χ1v) is 12.0. The van der Waals surface area contributed by atoms with Gasteiger partial charge in [-0.2, -0.15) is 0 Å². The SMILES string of the molecule is CC(C)NC(NCN)C1NC2=C(CCOc3ccc(C4=CN(I)C(O)C=C4)cc32)S1. The number of halogens is 1. The van der Waals surface area contributed by atoms with Crippen molar-refractivity contribution in [3.8, 4) is 5.75 Å². The van der Waals surface area contributed by atoms with Gasteiger partial charge in [-0.15, -0.1) is 11.8 Å². The second-order valence-corrected chi connectivity index (χ2v) is 10.0. The van der Waals surface area contributed by atoms with Gasteiger partial charge in [0, 0.05) is 35.8 Å². The summed E-state index contributed by atoms with van der Waals surface area (Å²) in [5.41, 5.74) is 10.1. The summed E-state index contributed by atoms with van der Waals surface area (Å²) in [7, 11) is 0. The lowest BCUT2D eigenvalue weighted by Gasteiger charge is -2.28. The van der Waals surface area contributed by atoms with E-state index in [4.69, 9.17) is 10.5 Å². The highest BCUT2D eigenvalue weighted by molar-refractivity contribution is 14.1. The number of nitrogens with two attached hydrogens (primary N) is 1. The molecule has 0 spiro atoms. The number of hydrogen-bond acceptors (Lipinski definition) is 8. The van der Waals surface area contributed by atoms with Gasteiger partial charge >= 0.3 is 0 Å². The van der Waals surface area contributed by atoms with Crippen LogP contribution in [0.1, 0.15) is 31.4 Å². The van der Waals surface area contributed by atoms with Crippen LogP contribution in [0.3, 0.4) is 0 Å². The van der Waals surface area contributed by atoms with Gasteiger partial charge < -0.3 is 20.9 Å². The Morgan fingerprint density at radius 1 is 1.43 bits per heavy atom. The van der Waals surface area contributed by atoms with Crippen LogP contribution >= 0.6 is 34.6 Å². The molecule has 4 rings (SSSR count). The number of benzene rings is 1. The van der Waals surface area contributed by atoms with Gasteiger partial charge in [-0.25, -0.2) is 0 Å². The van der Waals surface area contributed by atoms with Gasteiger partial charge in [0.2, 0.25) is 0 Å². The standard InChI is InChI=1S/C21H28IN5O2S/c1-12(2)25-20(24-11-23)21-26-19-15-9-13(14-4-6-18(28)27(22)10-14)3-5-16(15)29-8-7-17(19)30-21/h3-6,9-10,12,18,20-21,24-26,28H,7-8,11,23H2,1-2H3. The van der Waals surface area contributed by atoms with E-state index in [1.807, 2.05) is 30.1 Å². The Morgan fingerprint density at radius 3 is 3.00 bits per heavy atom. The molecule has 3 unspecified atom stereocenters.